The summed E-state index contributed by atoms with van der Waals surface area (Å²) in [6, 6.07) is 4.32. The highest BCUT2D eigenvalue weighted by atomic mass is 127. The molecule has 1 aliphatic rings. The van der Waals surface area contributed by atoms with E-state index in [1.807, 2.05) is 11.3 Å². The molecule has 0 amide bonds. The molecule has 0 unspecified atom stereocenters. The SMILES string of the molecule is CCNC(=NCc1ccc(CC)s1)NCC1(O)CCC1.I. The van der Waals surface area contributed by atoms with Gasteiger partial charge in [0.25, 0.3) is 0 Å². The van der Waals surface area contributed by atoms with E-state index >= 15 is 0 Å². The molecule has 0 aliphatic heterocycles. The molecule has 3 N–H and O–H groups in total. The molecule has 120 valence electrons. The van der Waals surface area contributed by atoms with Crippen LogP contribution in [0.3, 0.4) is 0 Å². The molecule has 0 radical (unpaired) electrons. The number of rotatable bonds is 6. The van der Waals surface area contributed by atoms with Gasteiger partial charge in [-0.05, 0) is 44.7 Å². The minimum atomic E-state index is -0.519. The Bertz CT molecular complexity index is 458. The van der Waals surface area contributed by atoms with E-state index in [4.69, 9.17) is 0 Å². The Morgan fingerprint density at radius 3 is 2.52 bits per heavy atom. The number of aliphatic imine (C=N–C) groups is 1. The first-order valence-corrected chi connectivity index (χ1v) is 8.29. The Balaban J connectivity index is 0.00000220. The second-order valence-corrected chi connectivity index (χ2v) is 6.60. The van der Waals surface area contributed by atoms with Crippen LogP contribution in [0.25, 0.3) is 0 Å². The molecule has 0 spiro atoms. The van der Waals surface area contributed by atoms with Crippen LogP contribution >= 0.6 is 35.3 Å². The van der Waals surface area contributed by atoms with Crippen LogP contribution in [0.1, 0.15) is 42.9 Å². The van der Waals surface area contributed by atoms with Gasteiger partial charge in [-0.15, -0.1) is 35.3 Å². The first kappa shape index (κ1) is 18.7. The van der Waals surface area contributed by atoms with Crippen molar-refractivity contribution in [2.75, 3.05) is 13.1 Å². The third kappa shape index (κ3) is 5.75. The van der Waals surface area contributed by atoms with Crippen molar-refractivity contribution in [1.82, 2.24) is 10.6 Å². The molecule has 1 aromatic heterocycles. The number of hydrogen-bond donors (Lipinski definition) is 3. The molecule has 1 heterocycles. The monoisotopic (exact) mass is 423 g/mol. The third-order valence-corrected chi connectivity index (χ3v) is 4.89. The number of aliphatic hydroxyl groups is 1. The van der Waals surface area contributed by atoms with Crippen molar-refractivity contribution in [2.45, 2.75) is 51.7 Å². The predicted molar refractivity (Wildman–Crippen MR) is 101 cm³/mol. The zero-order valence-corrected chi connectivity index (χ0v) is 16.0. The molecule has 0 atom stereocenters. The topological polar surface area (TPSA) is 56.7 Å². The van der Waals surface area contributed by atoms with Crippen molar-refractivity contribution in [3.8, 4) is 0 Å². The van der Waals surface area contributed by atoms with E-state index in [1.54, 1.807) is 0 Å². The van der Waals surface area contributed by atoms with E-state index < -0.39 is 5.60 Å². The smallest absolute Gasteiger partial charge is 0.191 e. The lowest BCUT2D eigenvalue weighted by Gasteiger charge is -2.36. The average Bonchev–Trinajstić information content (AvgIpc) is 2.88. The van der Waals surface area contributed by atoms with Gasteiger partial charge in [-0.25, -0.2) is 4.99 Å². The second-order valence-electron chi connectivity index (χ2n) is 5.35. The summed E-state index contributed by atoms with van der Waals surface area (Å²) >= 11 is 1.82. The van der Waals surface area contributed by atoms with Gasteiger partial charge >= 0.3 is 0 Å². The lowest BCUT2D eigenvalue weighted by atomic mass is 9.80. The third-order valence-electron chi connectivity index (χ3n) is 3.67. The van der Waals surface area contributed by atoms with Gasteiger partial charge in [-0.3, -0.25) is 0 Å². The number of nitrogens with zero attached hydrogens (tertiary/aromatic N) is 1. The maximum Gasteiger partial charge on any atom is 0.191 e. The summed E-state index contributed by atoms with van der Waals surface area (Å²) in [7, 11) is 0. The second kappa shape index (κ2) is 8.95. The highest BCUT2D eigenvalue weighted by Crippen LogP contribution is 2.30. The van der Waals surface area contributed by atoms with Gasteiger partial charge in [0.1, 0.15) is 0 Å². The Kier molecular flexibility index (Phi) is 7.97. The van der Waals surface area contributed by atoms with Crippen LogP contribution in [0.2, 0.25) is 0 Å². The van der Waals surface area contributed by atoms with Gasteiger partial charge in [0.05, 0.1) is 12.1 Å². The summed E-state index contributed by atoms with van der Waals surface area (Å²) in [5, 5.41) is 16.6. The first-order chi connectivity index (χ1) is 9.65. The Morgan fingerprint density at radius 1 is 1.29 bits per heavy atom. The van der Waals surface area contributed by atoms with E-state index in [1.165, 1.54) is 9.75 Å². The van der Waals surface area contributed by atoms with Crippen LogP contribution in [-0.2, 0) is 13.0 Å². The van der Waals surface area contributed by atoms with Gasteiger partial charge < -0.3 is 15.7 Å². The lowest BCUT2D eigenvalue weighted by Crippen LogP contribution is -2.50. The standard InChI is InChI=1S/C15H25N3OS.HI/c1-3-12-6-7-13(20-12)10-17-14(16-4-2)18-11-15(19)8-5-9-15;/h6-7,19H,3-5,8-11H2,1-2H3,(H2,16,17,18);1H. The van der Waals surface area contributed by atoms with Crippen LogP contribution in [0.5, 0.6) is 0 Å². The number of halogens is 1. The summed E-state index contributed by atoms with van der Waals surface area (Å²) in [5.41, 5.74) is -0.519. The summed E-state index contributed by atoms with van der Waals surface area (Å²) in [6.07, 6.45) is 4.00. The molecule has 1 saturated carbocycles. The molecule has 1 aromatic rings. The van der Waals surface area contributed by atoms with Crippen molar-refractivity contribution in [1.29, 1.82) is 0 Å². The summed E-state index contributed by atoms with van der Waals surface area (Å²) < 4.78 is 0. The van der Waals surface area contributed by atoms with Crippen LogP contribution in [0.4, 0.5) is 0 Å². The molecule has 1 fully saturated rings. The number of hydrogen-bond acceptors (Lipinski definition) is 3. The highest BCUT2D eigenvalue weighted by molar-refractivity contribution is 14.0. The molecule has 0 bridgehead atoms. The largest absolute Gasteiger partial charge is 0.388 e. The highest BCUT2D eigenvalue weighted by Gasteiger charge is 2.34. The van der Waals surface area contributed by atoms with E-state index in [0.29, 0.717) is 13.1 Å². The molecule has 21 heavy (non-hydrogen) atoms. The Morgan fingerprint density at radius 2 is 2.00 bits per heavy atom. The lowest BCUT2D eigenvalue weighted by molar-refractivity contribution is -0.0279. The van der Waals surface area contributed by atoms with Crippen LogP contribution in [0.15, 0.2) is 17.1 Å². The molecule has 1 aliphatic carbocycles. The van der Waals surface area contributed by atoms with Crippen molar-refractivity contribution in [2.24, 2.45) is 4.99 Å². The van der Waals surface area contributed by atoms with Crippen molar-refractivity contribution < 1.29 is 5.11 Å². The van der Waals surface area contributed by atoms with Gasteiger partial charge in [0, 0.05) is 22.8 Å². The number of aryl methyl sites for hydroxylation is 1. The normalized spacial score (nSPS) is 16.8. The zero-order chi connectivity index (χ0) is 14.4. The van der Waals surface area contributed by atoms with Crippen molar-refractivity contribution in [3.05, 3.63) is 21.9 Å². The summed E-state index contributed by atoms with van der Waals surface area (Å²) in [5.74, 6) is 0.791. The molecule has 0 saturated heterocycles. The Labute approximate surface area is 148 Å². The minimum Gasteiger partial charge on any atom is -0.388 e. The zero-order valence-electron chi connectivity index (χ0n) is 12.8. The van der Waals surface area contributed by atoms with Crippen LogP contribution in [-0.4, -0.2) is 29.8 Å². The fourth-order valence-corrected chi connectivity index (χ4v) is 3.09. The molecule has 2 rings (SSSR count). The van der Waals surface area contributed by atoms with E-state index in [9.17, 15) is 5.11 Å². The van der Waals surface area contributed by atoms with E-state index in [-0.39, 0.29) is 24.0 Å². The van der Waals surface area contributed by atoms with Gasteiger partial charge in [0.15, 0.2) is 5.96 Å². The number of guanidine groups is 1. The van der Waals surface area contributed by atoms with E-state index in [2.05, 4.69) is 41.6 Å². The molecule has 4 nitrogen and oxygen atoms in total. The maximum absolute atomic E-state index is 10.1. The molecule has 6 heteroatoms. The number of thiophene rings is 1. The average molecular weight is 423 g/mol. The van der Waals surface area contributed by atoms with Crippen molar-refractivity contribution in [3.63, 3.8) is 0 Å². The van der Waals surface area contributed by atoms with Crippen LogP contribution < -0.4 is 10.6 Å². The fourth-order valence-electron chi connectivity index (χ4n) is 2.21. The van der Waals surface area contributed by atoms with Gasteiger partial charge in [-0.2, -0.15) is 0 Å². The number of nitrogens with one attached hydrogen (secondary N) is 2. The quantitative estimate of drug-likeness (QED) is 0.375. The van der Waals surface area contributed by atoms with Gasteiger partial charge in [0.2, 0.25) is 0 Å². The predicted octanol–water partition coefficient (Wildman–Crippen LogP) is 2.90. The van der Waals surface area contributed by atoms with Crippen LogP contribution in [0, 0.1) is 0 Å². The summed E-state index contributed by atoms with van der Waals surface area (Å²) in [4.78, 5) is 7.27. The minimum absolute atomic E-state index is 0. The van der Waals surface area contributed by atoms with Gasteiger partial charge in [-0.1, -0.05) is 6.92 Å². The Hall–Kier alpha value is -0.340. The first-order valence-electron chi connectivity index (χ1n) is 7.47. The maximum atomic E-state index is 10.1. The summed E-state index contributed by atoms with van der Waals surface area (Å²) in [6.45, 7) is 6.33. The van der Waals surface area contributed by atoms with E-state index in [0.717, 1.165) is 38.2 Å². The van der Waals surface area contributed by atoms with Crippen molar-refractivity contribution >= 4 is 41.3 Å². The molecular weight excluding hydrogens is 397 g/mol. The molecular formula is C15H26IN3OS. The fraction of sp³-hybridized carbons (Fsp3) is 0.667. The molecule has 0 aromatic carbocycles.